The van der Waals surface area contributed by atoms with Gasteiger partial charge in [-0.3, -0.25) is 4.79 Å². The number of carboxylic acid groups (broad SMARTS) is 1. The largest absolute Gasteiger partial charge is 0.478 e. The van der Waals surface area contributed by atoms with Crippen molar-refractivity contribution in [3.8, 4) is 0 Å². The van der Waals surface area contributed by atoms with Gasteiger partial charge in [-0.05, 0) is 36.2 Å². The second kappa shape index (κ2) is 6.41. The molecule has 5 heteroatoms. The van der Waals surface area contributed by atoms with Gasteiger partial charge in [0.1, 0.15) is 0 Å². The fraction of sp³-hybridized carbons (Fsp3) is 0.125. The van der Waals surface area contributed by atoms with Gasteiger partial charge in [0, 0.05) is 5.02 Å². The van der Waals surface area contributed by atoms with Crippen LogP contribution in [0.25, 0.3) is 0 Å². The predicted molar refractivity (Wildman–Crippen MR) is 81.9 cm³/mol. The topological polar surface area (TPSA) is 66.4 Å². The van der Waals surface area contributed by atoms with Crippen LogP contribution in [0.2, 0.25) is 5.02 Å². The van der Waals surface area contributed by atoms with E-state index in [1.54, 1.807) is 49.4 Å². The first-order valence-corrected chi connectivity index (χ1v) is 6.72. The van der Waals surface area contributed by atoms with Crippen LogP contribution in [0.1, 0.15) is 21.5 Å². The van der Waals surface area contributed by atoms with Crippen molar-refractivity contribution in [2.75, 3.05) is 5.32 Å². The number of aromatic carboxylic acids is 1. The molecule has 2 aromatic rings. The van der Waals surface area contributed by atoms with Gasteiger partial charge in [0.2, 0.25) is 5.91 Å². The molecule has 0 atom stereocenters. The molecule has 21 heavy (non-hydrogen) atoms. The summed E-state index contributed by atoms with van der Waals surface area (Å²) < 4.78 is 0. The van der Waals surface area contributed by atoms with Gasteiger partial charge in [0.15, 0.2) is 0 Å². The van der Waals surface area contributed by atoms with E-state index in [2.05, 4.69) is 5.32 Å². The van der Waals surface area contributed by atoms with Crippen LogP contribution in [0.3, 0.4) is 0 Å². The van der Waals surface area contributed by atoms with E-state index in [0.29, 0.717) is 16.3 Å². The number of carbonyl (C=O) groups is 2. The highest BCUT2D eigenvalue weighted by Crippen LogP contribution is 2.20. The molecule has 0 heterocycles. The number of amides is 1. The molecule has 2 N–H and O–H groups in total. The van der Waals surface area contributed by atoms with E-state index >= 15 is 0 Å². The Labute approximate surface area is 127 Å². The molecule has 1 amide bonds. The van der Waals surface area contributed by atoms with E-state index in [0.717, 1.165) is 5.56 Å². The maximum absolute atomic E-state index is 12.0. The number of benzene rings is 2. The summed E-state index contributed by atoms with van der Waals surface area (Å²) in [6.07, 6.45) is 0.157. The lowest BCUT2D eigenvalue weighted by atomic mass is 10.1. The summed E-state index contributed by atoms with van der Waals surface area (Å²) >= 11 is 5.79. The lowest BCUT2D eigenvalue weighted by molar-refractivity contribution is -0.115. The number of anilines is 1. The number of halogens is 1. The molecular formula is C16H14ClNO3. The van der Waals surface area contributed by atoms with Crippen molar-refractivity contribution in [1.29, 1.82) is 0 Å². The van der Waals surface area contributed by atoms with Crippen molar-refractivity contribution < 1.29 is 14.7 Å². The molecule has 0 saturated heterocycles. The molecule has 0 aliphatic carbocycles. The average Bonchev–Trinajstić information content (AvgIpc) is 2.41. The molecule has 2 aromatic carbocycles. The first-order valence-electron chi connectivity index (χ1n) is 6.34. The van der Waals surface area contributed by atoms with Gasteiger partial charge >= 0.3 is 5.97 Å². The summed E-state index contributed by atoms with van der Waals surface area (Å²) in [5.41, 5.74) is 1.83. The number of hydrogen-bond donors (Lipinski definition) is 2. The maximum atomic E-state index is 12.0. The van der Waals surface area contributed by atoms with Gasteiger partial charge in [0.05, 0.1) is 17.7 Å². The quantitative estimate of drug-likeness (QED) is 0.908. The van der Waals surface area contributed by atoms with E-state index in [4.69, 9.17) is 11.6 Å². The minimum absolute atomic E-state index is 0.113. The molecule has 0 aromatic heterocycles. The molecule has 0 unspecified atom stereocenters. The molecule has 4 nitrogen and oxygen atoms in total. The van der Waals surface area contributed by atoms with Gasteiger partial charge in [-0.25, -0.2) is 4.79 Å². The number of aryl methyl sites for hydroxylation is 1. The highest BCUT2D eigenvalue weighted by molar-refractivity contribution is 6.30. The molecule has 0 bridgehead atoms. The van der Waals surface area contributed by atoms with Crippen LogP contribution in [0.4, 0.5) is 5.69 Å². The van der Waals surface area contributed by atoms with E-state index in [9.17, 15) is 14.7 Å². The molecule has 0 spiro atoms. The zero-order valence-corrected chi connectivity index (χ0v) is 12.1. The Morgan fingerprint density at radius 3 is 2.43 bits per heavy atom. The Hall–Kier alpha value is -2.33. The highest BCUT2D eigenvalue weighted by Gasteiger charge is 2.15. The maximum Gasteiger partial charge on any atom is 0.338 e. The number of carbonyl (C=O) groups excluding carboxylic acids is 1. The van der Waals surface area contributed by atoms with Gasteiger partial charge in [-0.15, -0.1) is 0 Å². The zero-order chi connectivity index (χ0) is 15.4. The summed E-state index contributed by atoms with van der Waals surface area (Å²) in [5.74, 6) is -1.33. The highest BCUT2D eigenvalue weighted by atomic mass is 35.5. The van der Waals surface area contributed by atoms with E-state index in [1.165, 1.54) is 0 Å². The van der Waals surface area contributed by atoms with Gasteiger partial charge in [0.25, 0.3) is 0 Å². The minimum atomic E-state index is -1.06. The fourth-order valence-corrected chi connectivity index (χ4v) is 2.16. The first-order chi connectivity index (χ1) is 9.97. The van der Waals surface area contributed by atoms with Gasteiger partial charge < -0.3 is 10.4 Å². The molecule has 0 saturated carbocycles. The Morgan fingerprint density at radius 1 is 1.14 bits per heavy atom. The summed E-state index contributed by atoms with van der Waals surface area (Å²) in [6.45, 7) is 1.69. The van der Waals surface area contributed by atoms with Gasteiger partial charge in [-0.2, -0.15) is 0 Å². The Balaban J connectivity index is 2.15. The monoisotopic (exact) mass is 303 g/mol. The Bertz CT molecular complexity index is 680. The summed E-state index contributed by atoms with van der Waals surface area (Å²) in [7, 11) is 0. The average molecular weight is 304 g/mol. The van der Waals surface area contributed by atoms with Crippen LogP contribution in [0.15, 0.2) is 42.5 Å². The molecule has 0 radical (unpaired) electrons. The summed E-state index contributed by atoms with van der Waals surface area (Å²) in [4.78, 5) is 23.3. The number of hydrogen-bond acceptors (Lipinski definition) is 2. The number of carboxylic acids is 1. The van der Waals surface area contributed by atoms with Crippen molar-refractivity contribution in [2.45, 2.75) is 13.3 Å². The van der Waals surface area contributed by atoms with E-state index < -0.39 is 5.97 Å². The molecule has 2 rings (SSSR count). The minimum Gasteiger partial charge on any atom is -0.478 e. The predicted octanol–water partition coefficient (Wildman–Crippen LogP) is 3.53. The SMILES string of the molecule is Cc1cccc(NC(=O)Cc2ccc(Cl)cc2)c1C(=O)O. The number of nitrogens with one attached hydrogen (secondary N) is 1. The van der Waals surface area contributed by atoms with Crippen LogP contribution in [0.5, 0.6) is 0 Å². The number of rotatable bonds is 4. The second-order valence-electron chi connectivity index (χ2n) is 4.65. The van der Waals surface area contributed by atoms with E-state index in [-0.39, 0.29) is 17.9 Å². The lowest BCUT2D eigenvalue weighted by Crippen LogP contribution is -2.17. The third-order valence-electron chi connectivity index (χ3n) is 3.04. The van der Waals surface area contributed by atoms with Gasteiger partial charge in [-0.1, -0.05) is 35.9 Å². The normalized spacial score (nSPS) is 10.2. The Morgan fingerprint density at radius 2 is 1.81 bits per heavy atom. The molecule has 0 aliphatic rings. The zero-order valence-electron chi connectivity index (χ0n) is 11.4. The lowest BCUT2D eigenvalue weighted by Gasteiger charge is -2.10. The van der Waals surface area contributed by atoms with Crippen molar-refractivity contribution in [1.82, 2.24) is 0 Å². The summed E-state index contributed by atoms with van der Waals surface area (Å²) in [6, 6.07) is 11.9. The van der Waals surface area contributed by atoms with Crippen LogP contribution in [0, 0.1) is 6.92 Å². The van der Waals surface area contributed by atoms with Crippen LogP contribution in [-0.4, -0.2) is 17.0 Å². The standard InChI is InChI=1S/C16H14ClNO3/c1-10-3-2-4-13(15(10)16(20)21)18-14(19)9-11-5-7-12(17)8-6-11/h2-8H,9H2,1H3,(H,18,19)(H,20,21). The Kier molecular flexibility index (Phi) is 4.60. The third-order valence-corrected chi connectivity index (χ3v) is 3.29. The van der Waals surface area contributed by atoms with E-state index in [1.807, 2.05) is 0 Å². The molecule has 0 fully saturated rings. The van der Waals surface area contributed by atoms with Crippen LogP contribution in [-0.2, 0) is 11.2 Å². The second-order valence-corrected chi connectivity index (χ2v) is 5.09. The van der Waals surface area contributed by atoms with Crippen LogP contribution < -0.4 is 5.32 Å². The molecule has 108 valence electrons. The van der Waals surface area contributed by atoms with Crippen LogP contribution >= 0.6 is 11.6 Å². The fourth-order valence-electron chi connectivity index (χ4n) is 2.04. The van der Waals surface area contributed by atoms with Crippen molar-refractivity contribution >= 4 is 29.2 Å². The van der Waals surface area contributed by atoms with Crippen molar-refractivity contribution in [3.05, 3.63) is 64.2 Å². The summed E-state index contributed by atoms with van der Waals surface area (Å²) in [5, 5.41) is 12.5. The molecular weight excluding hydrogens is 290 g/mol. The first kappa shape index (κ1) is 15.1. The van der Waals surface area contributed by atoms with Crippen molar-refractivity contribution in [3.63, 3.8) is 0 Å². The molecule has 0 aliphatic heterocycles. The van der Waals surface area contributed by atoms with Crippen molar-refractivity contribution in [2.24, 2.45) is 0 Å². The third kappa shape index (κ3) is 3.83. The smallest absolute Gasteiger partial charge is 0.338 e.